The number of benzene rings is 1. The summed E-state index contributed by atoms with van der Waals surface area (Å²) in [5, 5.41) is 13.0. The van der Waals surface area contributed by atoms with Gasteiger partial charge in [-0.15, -0.1) is 0 Å². The molecule has 0 fully saturated rings. The summed E-state index contributed by atoms with van der Waals surface area (Å²) in [6, 6.07) is 6.84. The predicted molar refractivity (Wildman–Crippen MR) is 73.3 cm³/mol. The van der Waals surface area contributed by atoms with Gasteiger partial charge in [0, 0.05) is 6.42 Å². The van der Waals surface area contributed by atoms with E-state index in [1.165, 1.54) is 0 Å². The zero-order chi connectivity index (χ0) is 14.5. The molecule has 0 aliphatic carbocycles. The van der Waals surface area contributed by atoms with E-state index < -0.39 is 0 Å². The quantitative estimate of drug-likeness (QED) is 0.844. The highest BCUT2D eigenvalue weighted by molar-refractivity contribution is 6.32. The second-order valence-corrected chi connectivity index (χ2v) is 5.16. The van der Waals surface area contributed by atoms with Gasteiger partial charge in [0.25, 0.3) is 5.89 Å². The molecule has 2 aromatic rings. The molecule has 1 heterocycles. The van der Waals surface area contributed by atoms with Gasteiger partial charge in [-0.05, 0) is 24.1 Å². The lowest BCUT2D eigenvalue weighted by Crippen LogP contribution is -1.99. The van der Waals surface area contributed by atoms with Crippen LogP contribution in [0.1, 0.15) is 31.1 Å². The van der Waals surface area contributed by atoms with Crippen molar-refractivity contribution in [3.05, 3.63) is 40.5 Å². The van der Waals surface area contributed by atoms with Crippen LogP contribution in [0.4, 0.5) is 0 Å². The van der Waals surface area contributed by atoms with Crippen LogP contribution in [0.5, 0.6) is 5.75 Å². The first-order valence-electron chi connectivity index (χ1n) is 6.22. The molecular weight excluding hydrogens is 278 g/mol. The van der Waals surface area contributed by atoms with E-state index in [9.17, 15) is 0 Å². The second-order valence-electron chi connectivity index (χ2n) is 4.75. The Morgan fingerprint density at radius 1 is 1.45 bits per heavy atom. The topological polar surface area (TPSA) is 71.9 Å². The minimum Gasteiger partial charge on any atom is -0.482 e. The van der Waals surface area contributed by atoms with Gasteiger partial charge >= 0.3 is 0 Å². The molecule has 0 bridgehead atoms. The van der Waals surface area contributed by atoms with Gasteiger partial charge in [-0.25, -0.2) is 0 Å². The Morgan fingerprint density at radius 3 is 2.90 bits per heavy atom. The Labute approximate surface area is 122 Å². The molecule has 1 aromatic carbocycles. The smallest absolute Gasteiger partial charge is 0.264 e. The van der Waals surface area contributed by atoms with Crippen molar-refractivity contribution < 1.29 is 9.26 Å². The third-order valence-corrected chi connectivity index (χ3v) is 2.81. The van der Waals surface area contributed by atoms with Crippen molar-refractivity contribution in [3.63, 3.8) is 0 Å². The largest absolute Gasteiger partial charge is 0.482 e. The van der Waals surface area contributed by atoms with Crippen molar-refractivity contribution in [3.8, 4) is 11.8 Å². The molecule has 6 heteroatoms. The molecule has 0 saturated carbocycles. The monoisotopic (exact) mass is 291 g/mol. The van der Waals surface area contributed by atoms with Gasteiger partial charge in [0.2, 0.25) is 0 Å². The van der Waals surface area contributed by atoms with Crippen LogP contribution in [0.2, 0.25) is 5.02 Å². The first-order valence-corrected chi connectivity index (χ1v) is 6.60. The molecule has 0 atom stereocenters. The van der Waals surface area contributed by atoms with E-state index in [4.69, 9.17) is 26.1 Å². The van der Waals surface area contributed by atoms with Gasteiger partial charge in [-0.2, -0.15) is 10.2 Å². The maximum absolute atomic E-state index is 8.75. The Hall–Kier alpha value is -2.06. The molecule has 5 nitrogen and oxygen atoms in total. The van der Waals surface area contributed by atoms with E-state index in [-0.39, 0.29) is 6.61 Å². The van der Waals surface area contributed by atoms with Crippen molar-refractivity contribution in [1.82, 2.24) is 10.1 Å². The highest BCUT2D eigenvalue weighted by Crippen LogP contribution is 2.25. The van der Waals surface area contributed by atoms with E-state index in [0.29, 0.717) is 34.0 Å². The Kier molecular flexibility index (Phi) is 4.59. The molecule has 2 rings (SSSR count). The van der Waals surface area contributed by atoms with Crippen LogP contribution in [-0.4, -0.2) is 10.1 Å². The Balaban J connectivity index is 1.98. The van der Waals surface area contributed by atoms with Gasteiger partial charge in [-0.1, -0.05) is 30.6 Å². The molecule has 0 N–H and O–H groups in total. The lowest BCUT2D eigenvalue weighted by molar-refractivity contribution is 0.242. The van der Waals surface area contributed by atoms with E-state index in [1.807, 2.05) is 6.07 Å². The first-order chi connectivity index (χ1) is 9.58. The van der Waals surface area contributed by atoms with E-state index in [0.717, 1.165) is 6.42 Å². The zero-order valence-corrected chi connectivity index (χ0v) is 12.0. The number of aromatic nitrogens is 2. The van der Waals surface area contributed by atoms with Gasteiger partial charge < -0.3 is 9.26 Å². The maximum atomic E-state index is 8.75. The van der Waals surface area contributed by atoms with Crippen LogP contribution in [-0.2, 0) is 13.0 Å². The first kappa shape index (κ1) is 14.4. The number of nitrogens with zero attached hydrogens (tertiary/aromatic N) is 3. The summed E-state index contributed by atoms with van der Waals surface area (Å²) in [7, 11) is 0. The molecule has 20 heavy (non-hydrogen) atoms. The molecule has 104 valence electrons. The van der Waals surface area contributed by atoms with E-state index in [2.05, 4.69) is 24.0 Å². The SMILES string of the molecule is CC(C)Cc1noc(COc2ccc(C#N)cc2Cl)n1. The number of rotatable bonds is 5. The average Bonchev–Trinajstić information content (AvgIpc) is 2.84. The summed E-state index contributed by atoms with van der Waals surface area (Å²) in [5.41, 5.74) is 0.486. The third-order valence-electron chi connectivity index (χ3n) is 2.51. The lowest BCUT2D eigenvalue weighted by Gasteiger charge is -2.05. The normalized spacial score (nSPS) is 10.6. The Bertz CT molecular complexity index is 632. The van der Waals surface area contributed by atoms with E-state index >= 15 is 0 Å². The van der Waals surface area contributed by atoms with Gasteiger partial charge in [0.15, 0.2) is 12.4 Å². The fraction of sp³-hybridized carbons (Fsp3) is 0.357. The van der Waals surface area contributed by atoms with Crippen LogP contribution >= 0.6 is 11.6 Å². The molecule has 0 saturated heterocycles. The van der Waals surface area contributed by atoms with Crippen molar-refractivity contribution in [1.29, 1.82) is 5.26 Å². The van der Waals surface area contributed by atoms with Crippen LogP contribution in [0.25, 0.3) is 0 Å². The third kappa shape index (κ3) is 3.72. The molecule has 0 amide bonds. The molecule has 0 radical (unpaired) electrons. The second kappa shape index (κ2) is 6.40. The molecule has 0 aliphatic rings. The zero-order valence-electron chi connectivity index (χ0n) is 11.3. The van der Waals surface area contributed by atoms with Crippen molar-refractivity contribution in [2.75, 3.05) is 0 Å². The number of ether oxygens (including phenoxy) is 1. The highest BCUT2D eigenvalue weighted by atomic mass is 35.5. The number of hydrogen-bond acceptors (Lipinski definition) is 5. The number of hydrogen-bond donors (Lipinski definition) is 0. The van der Waals surface area contributed by atoms with Crippen molar-refractivity contribution in [2.24, 2.45) is 5.92 Å². The van der Waals surface area contributed by atoms with Crippen LogP contribution < -0.4 is 4.74 Å². The minimum atomic E-state index is 0.150. The van der Waals surface area contributed by atoms with Crippen molar-refractivity contribution >= 4 is 11.6 Å². The molecule has 0 unspecified atom stereocenters. The van der Waals surface area contributed by atoms with Crippen LogP contribution in [0, 0.1) is 17.2 Å². The highest BCUT2D eigenvalue weighted by Gasteiger charge is 2.10. The lowest BCUT2D eigenvalue weighted by atomic mass is 10.1. The molecule has 0 spiro atoms. The molecule has 0 aliphatic heterocycles. The summed E-state index contributed by atoms with van der Waals surface area (Å²) in [4.78, 5) is 4.23. The van der Waals surface area contributed by atoms with Gasteiger partial charge in [-0.3, -0.25) is 0 Å². The standard InChI is InChI=1S/C14H14ClN3O2/c1-9(2)5-13-17-14(20-18-13)8-19-12-4-3-10(7-16)6-11(12)15/h3-4,6,9H,5,8H2,1-2H3. The predicted octanol–water partition coefficient (Wildman–Crippen LogP) is 3.37. The summed E-state index contributed by atoms with van der Waals surface area (Å²) < 4.78 is 10.6. The summed E-state index contributed by atoms with van der Waals surface area (Å²) in [6.45, 7) is 4.32. The molecule has 1 aromatic heterocycles. The van der Waals surface area contributed by atoms with Crippen LogP contribution in [0.3, 0.4) is 0 Å². The number of nitriles is 1. The van der Waals surface area contributed by atoms with Gasteiger partial charge in [0.05, 0.1) is 16.7 Å². The minimum absolute atomic E-state index is 0.150. The number of halogens is 1. The molecular formula is C14H14ClN3O2. The van der Waals surface area contributed by atoms with Gasteiger partial charge in [0.1, 0.15) is 5.75 Å². The fourth-order valence-corrected chi connectivity index (χ4v) is 1.86. The maximum Gasteiger partial charge on any atom is 0.264 e. The summed E-state index contributed by atoms with van der Waals surface area (Å²) in [6.07, 6.45) is 0.765. The fourth-order valence-electron chi connectivity index (χ4n) is 1.62. The van der Waals surface area contributed by atoms with Crippen LogP contribution in [0.15, 0.2) is 22.7 Å². The summed E-state index contributed by atoms with van der Waals surface area (Å²) in [5.74, 6) is 2.02. The Morgan fingerprint density at radius 2 is 2.25 bits per heavy atom. The summed E-state index contributed by atoms with van der Waals surface area (Å²) >= 11 is 6.01. The van der Waals surface area contributed by atoms with E-state index in [1.54, 1.807) is 18.2 Å². The van der Waals surface area contributed by atoms with Crippen molar-refractivity contribution in [2.45, 2.75) is 26.9 Å². The average molecular weight is 292 g/mol.